The average molecular weight is 376 g/mol. The fourth-order valence-electron chi connectivity index (χ4n) is 1.80. The summed E-state index contributed by atoms with van der Waals surface area (Å²) in [5.74, 6) is -1.11. The molecule has 2 aromatic carbocycles. The van der Waals surface area contributed by atoms with Crippen molar-refractivity contribution < 1.29 is 8.78 Å². The van der Waals surface area contributed by atoms with Crippen LogP contribution in [0.5, 0.6) is 0 Å². The van der Waals surface area contributed by atoms with Crippen molar-refractivity contribution in [3.05, 3.63) is 69.2 Å². The highest BCUT2D eigenvalue weighted by Gasteiger charge is 2.16. The van der Waals surface area contributed by atoms with E-state index in [1.165, 1.54) is 12.1 Å². The first-order valence-electron chi connectivity index (χ1n) is 5.33. The van der Waals surface area contributed by atoms with Gasteiger partial charge in [0.1, 0.15) is 11.6 Å². The zero-order valence-electron chi connectivity index (χ0n) is 9.55. The summed E-state index contributed by atoms with van der Waals surface area (Å²) in [6.07, 6.45) is 0. The lowest BCUT2D eigenvalue weighted by Crippen LogP contribution is -1.98. The molecular formula is C14H10Br2F2. The van der Waals surface area contributed by atoms with Crippen LogP contribution < -0.4 is 0 Å². The van der Waals surface area contributed by atoms with Gasteiger partial charge < -0.3 is 0 Å². The van der Waals surface area contributed by atoms with Gasteiger partial charge in [0.15, 0.2) is 0 Å². The fourth-order valence-corrected chi connectivity index (χ4v) is 3.06. The quantitative estimate of drug-likeness (QED) is 0.606. The molecular weight excluding hydrogens is 366 g/mol. The minimum atomic E-state index is -0.568. The van der Waals surface area contributed by atoms with Gasteiger partial charge in [-0.05, 0) is 36.2 Å². The lowest BCUT2D eigenvalue weighted by atomic mass is 10.0. The Balaban J connectivity index is 2.44. The van der Waals surface area contributed by atoms with Gasteiger partial charge in [-0.15, -0.1) is 0 Å². The topological polar surface area (TPSA) is 0 Å². The van der Waals surface area contributed by atoms with Crippen molar-refractivity contribution in [1.82, 2.24) is 0 Å². The Kier molecular flexibility index (Phi) is 4.17. The number of hydrogen-bond acceptors (Lipinski definition) is 0. The van der Waals surface area contributed by atoms with Crippen molar-refractivity contribution in [3.8, 4) is 0 Å². The van der Waals surface area contributed by atoms with E-state index in [0.717, 1.165) is 21.7 Å². The molecule has 2 aromatic rings. The van der Waals surface area contributed by atoms with E-state index in [4.69, 9.17) is 0 Å². The first-order valence-corrected chi connectivity index (χ1v) is 7.04. The summed E-state index contributed by atoms with van der Waals surface area (Å²) in [6.45, 7) is 1.97. The Hall–Kier alpha value is -0.740. The Labute approximate surface area is 121 Å². The van der Waals surface area contributed by atoms with E-state index < -0.39 is 11.6 Å². The van der Waals surface area contributed by atoms with Crippen molar-refractivity contribution >= 4 is 31.9 Å². The largest absolute Gasteiger partial charge is 0.207 e. The third-order valence-electron chi connectivity index (χ3n) is 2.59. The van der Waals surface area contributed by atoms with Gasteiger partial charge in [-0.25, -0.2) is 8.78 Å². The van der Waals surface area contributed by atoms with Gasteiger partial charge in [0.25, 0.3) is 0 Å². The Morgan fingerprint density at radius 1 is 1.06 bits per heavy atom. The van der Waals surface area contributed by atoms with Crippen molar-refractivity contribution in [1.29, 1.82) is 0 Å². The van der Waals surface area contributed by atoms with Crippen molar-refractivity contribution in [2.75, 3.05) is 0 Å². The van der Waals surface area contributed by atoms with Crippen LogP contribution >= 0.6 is 31.9 Å². The highest BCUT2D eigenvalue weighted by molar-refractivity contribution is 9.10. The van der Waals surface area contributed by atoms with E-state index in [1.807, 2.05) is 25.1 Å². The molecule has 1 atom stereocenters. The maximum absolute atomic E-state index is 13.7. The molecule has 0 amide bonds. The number of alkyl halides is 1. The minimum Gasteiger partial charge on any atom is -0.207 e. The van der Waals surface area contributed by atoms with Gasteiger partial charge in [-0.2, -0.15) is 0 Å². The Morgan fingerprint density at radius 3 is 2.39 bits per heavy atom. The second kappa shape index (κ2) is 5.49. The number of hydrogen-bond donors (Lipinski definition) is 0. The summed E-state index contributed by atoms with van der Waals surface area (Å²) < 4.78 is 27.5. The van der Waals surface area contributed by atoms with E-state index >= 15 is 0 Å². The molecule has 4 heteroatoms. The van der Waals surface area contributed by atoms with Gasteiger partial charge in [0.2, 0.25) is 0 Å². The molecule has 0 N–H and O–H groups in total. The van der Waals surface area contributed by atoms with E-state index in [2.05, 4.69) is 31.9 Å². The maximum atomic E-state index is 13.7. The predicted molar refractivity (Wildman–Crippen MR) is 76.0 cm³/mol. The molecule has 94 valence electrons. The molecule has 0 fully saturated rings. The summed E-state index contributed by atoms with van der Waals surface area (Å²) in [7, 11) is 0. The second-order valence-corrected chi connectivity index (χ2v) is 5.92. The van der Waals surface area contributed by atoms with E-state index in [-0.39, 0.29) is 4.83 Å². The third kappa shape index (κ3) is 2.98. The number of halogens is 4. The zero-order valence-corrected chi connectivity index (χ0v) is 12.7. The molecule has 0 bridgehead atoms. The normalized spacial score (nSPS) is 12.5. The average Bonchev–Trinajstić information content (AvgIpc) is 2.26. The molecule has 0 aliphatic heterocycles. The van der Waals surface area contributed by atoms with Crippen LogP contribution in [0.1, 0.15) is 21.5 Å². The third-order valence-corrected chi connectivity index (χ3v) is 4.07. The highest BCUT2D eigenvalue weighted by atomic mass is 79.9. The first kappa shape index (κ1) is 13.7. The SMILES string of the molecule is Cc1cc(Br)cc(C(Br)c2ccc(F)cc2F)c1. The van der Waals surface area contributed by atoms with Crippen LogP contribution in [0.3, 0.4) is 0 Å². The van der Waals surface area contributed by atoms with Crippen LogP contribution in [0.25, 0.3) is 0 Å². The van der Waals surface area contributed by atoms with Crippen molar-refractivity contribution in [2.45, 2.75) is 11.8 Å². The monoisotopic (exact) mass is 374 g/mol. The van der Waals surface area contributed by atoms with Crippen LogP contribution in [0.2, 0.25) is 0 Å². The maximum Gasteiger partial charge on any atom is 0.130 e. The predicted octanol–water partition coefficient (Wildman–Crippen LogP) is 5.52. The number of aryl methyl sites for hydroxylation is 1. The second-order valence-electron chi connectivity index (χ2n) is 4.09. The lowest BCUT2D eigenvalue weighted by molar-refractivity contribution is 0.574. The number of benzene rings is 2. The van der Waals surface area contributed by atoms with Gasteiger partial charge in [-0.1, -0.05) is 44.0 Å². The van der Waals surface area contributed by atoms with Crippen molar-refractivity contribution in [2.24, 2.45) is 0 Å². The molecule has 18 heavy (non-hydrogen) atoms. The highest BCUT2D eigenvalue weighted by Crippen LogP contribution is 2.34. The molecule has 0 saturated carbocycles. The molecule has 2 rings (SSSR count). The van der Waals surface area contributed by atoms with Crippen LogP contribution in [0.4, 0.5) is 8.78 Å². The Bertz CT molecular complexity index is 562. The van der Waals surface area contributed by atoms with Gasteiger partial charge in [0.05, 0.1) is 4.83 Å². The van der Waals surface area contributed by atoms with Crippen LogP contribution in [0.15, 0.2) is 40.9 Å². The Morgan fingerprint density at radius 2 is 1.78 bits per heavy atom. The molecule has 1 unspecified atom stereocenters. The zero-order chi connectivity index (χ0) is 13.3. The molecule has 0 radical (unpaired) electrons. The van der Waals surface area contributed by atoms with Gasteiger partial charge in [-0.3, -0.25) is 0 Å². The summed E-state index contributed by atoms with van der Waals surface area (Å²) in [5, 5.41) is 0. The van der Waals surface area contributed by atoms with Crippen molar-refractivity contribution in [3.63, 3.8) is 0 Å². The minimum absolute atomic E-state index is 0.297. The lowest BCUT2D eigenvalue weighted by Gasteiger charge is -2.13. The molecule has 0 aliphatic rings. The first-order chi connectivity index (χ1) is 8.47. The molecule has 0 heterocycles. The van der Waals surface area contributed by atoms with Crippen LogP contribution in [-0.2, 0) is 0 Å². The standard InChI is InChI=1S/C14H10Br2F2/c1-8-4-9(6-10(15)5-8)14(16)12-3-2-11(17)7-13(12)18/h2-7,14H,1H3. The molecule has 0 nitrogen and oxygen atoms in total. The summed E-state index contributed by atoms with van der Waals surface area (Å²) >= 11 is 6.86. The summed E-state index contributed by atoms with van der Waals surface area (Å²) in [6, 6.07) is 9.47. The fraction of sp³-hybridized carbons (Fsp3) is 0.143. The van der Waals surface area contributed by atoms with E-state index in [1.54, 1.807) is 0 Å². The van der Waals surface area contributed by atoms with Crippen LogP contribution in [0, 0.1) is 18.6 Å². The smallest absolute Gasteiger partial charge is 0.130 e. The summed E-state index contributed by atoms with van der Waals surface area (Å²) in [4.78, 5) is -0.297. The van der Waals surface area contributed by atoms with Gasteiger partial charge >= 0.3 is 0 Å². The molecule has 0 spiro atoms. The van der Waals surface area contributed by atoms with E-state index in [9.17, 15) is 8.78 Å². The summed E-state index contributed by atoms with van der Waals surface area (Å²) in [5.41, 5.74) is 2.42. The molecule has 0 aromatic heterocycles. The molecule has 0 saturated heterocycles. The van der Waals surface area contributed by atoms with Crippen LogP contribution in [-0.4, -0.2) is 0 Å². The molecule has 0 aliphatic carbocycles. The van der Waals surface area contributed by atoms with E-state index in [0.29, 0.717) is 5.56 Å². The number of rotatable bonds is 2. The van der Waals surface area contributed by atoms with Gasteiger partial charge in [0, 0.05) is 16.1 Å².